The van der Waals surface area contributed by atoms with Crippen molar-refractivity contribution in [1.29, 1.82) is 0 Å². The second-order valence-electron chi connectivity index (χ2n) is 5.25. The van der Waals surface area contributed by atoms with Crippen LogP contribution in [0.1, 0.15) is 5.56 Å². The molecule has 134 valence electrons. The summed E-state index contributed by atoms with van der Waals surface area (Å²) in [4.78, 5) is -0.00950. The lowest BCUT2D eigenvalue weighted by Gasteiger charge is -2.11. The third-order valence-electron chi connectivity index (χ3n) is 3.22. The maximum atomic E-state index is 12.5. The zero-order chi connectivity index (χ0) is 18.7. The van der Waals surface area contributed by atoms with Gasteiger partial charge >= 0.3 is 10.1 Å². The minimum absolute atomic E-state index is 0.00950. The van der Waals surface area contributed by atoms with Gasteiger partial charge in [0, 0.05) is 11.1 Å². The Morgan fingerprint density at radius 2 is 1.69 bits per heavy atom. The molecule has 0 bridgehead atoms. The normalized spacial score (nSPS) is 11.2. The fraction of sp³-hybridized carbons (Fsp3) is 0.0588. The predicted molar refractivity (Wildman–Crippen MR) is 97.6 cm³/mol. The summed E-state index contributed by atoms with van der Waals surface area (Å²) in [5.74, 6) is -0.00962. The zero-order valence-electron chi connectivity index (χ0n) is 13.4. The van der Waals surface area contributed by atoms with Crippen molar-refractivity contribution in [2.24, 2.45) is 0 Å². The Kier molecular flexibility index (Phi) is 5.31. The first-order valence-electron chi connectivity index (χ1n) is 7.31. The molecule has 3 aromatic rings. The highest BCUT2D eigenvalue weighted by atomic mass is 35.5. The molecule has 0 atom stereocenters. The first kappa shape index (κ1) is 18.4. The Morgan fingerprint density at radius 1 is 0.962 bits per heavy atom. The first-order valence-corrected chi connectivity index (χ1v) is 9.48. The summed E-state index contributed by atoms with van der Waals surface area (Å²) in [5, 5.41) is 7.81. The van der Waals surface area contributed by atoms with E-state index in [1.165, 1.54) is 24.3 Å². The Labute approximate surface area is 160 Å². The Bertz CT molecular complexity index is 1040. The quantitative estimate of drug-likeness (QED) is 0.569. The maximum absolute atomic E-state index is 12.5. The van der Waals surface area contributed by atoms with Crippen LogP contribution in [0.15, 0.2) is 59.5 Å². The number of rotatable bonds is 5. The van der Waals surface area contributed by atoms with E-state index in [0.29, 0.717) is 10.8 Å². The van der Waals surface area contributed by atoms with Crippen molar-refractivity contribution in [2.45, 2.75) is 11.8 Å². The molecule has 0 saturated heterocycles. The largest absolute Gasteiger partial charge is 0.435 e. The molecule has 2 aromatic carbocycles. The molecule has 9 heteroatoms. The van der Waals surface area contributed by atoms with Crippen molar-refractivity contribution in [1.82, 2.24) is 10.2 Å². The van der Waals surface area contributed by atoms with Crippen molar-refractivity contribution in [2.75, 3.05) is 0 Å². The number of hydrogen-bond donors (Lipinski definition) is 0. The summed E-state index contributed by atoms with van der Waals surface area (Å²) in [6.45, 7) is 1.85. The lowest BCUT2D eigenvalue weighted by atomic mass is 10.2. The summed E-state index contributed by atoms with van der Waals surface area (Å²) >= 11 is 11.7. The zero-order valence-corrected chi connectivity index (χ0v) is 15.7. The standard InChI is InChI=1S/C17H12Cl2N2O4S/c1-11-5-7-14(8-6-11)26(22,23)25-15-10-16(19)20-21-17(15)24-13-4-2-3-12(18)9-13/h2-10H,1H3. The number of ether oxygens (including phenoxy) is 1. The minimum atomic E-state index is -4.10. The van der Waals surface area contributed by atoms with E-state index in [4.69, 9.17) is 32.1 Å². The summed E-state index contributed by atoms with van der Waals surface area (Å²) < 4.78 is 35.7. The average Bonchev–Trinajstić information content (AvgIpc) is 2.57. The lowest BCUT2D eigenvalue weighted by Crippen LogP contribution is -2.11. The summed E-state index contributed by atoms with van der Waals surface area (Å²) in [7, 11) is -4.10. The number of aromatic nitrogens is 2. The van der Waals surface area contributed by atoms with Crippen molar-refractivity contribution in [3.8, 4) is 17.4 Å². The molecule has 0 saturated carbocycles. The first-order chi connectivity index (χ1) is 12.3. The van der Waals surface area contributed by atoms with Crippen LogP contribution in [0, 0.1) is 6.92 Å². The van der Waals surface area contributed by atoms with Crippen molar-refractivity contribution in [3.05, 3.63) is 70.3 Å². The summed E-state index contributed by atoms with van der Waals surface area (Å²) in [6, 6.07) is 13.9. The smallest absolute Gasteiger partial charge is 0.339 e. The molecule has 1 heterocycles. The van der Waals surface area contributed by atoms with Gasteiger partial charge in [0.1, 0.15) is 10.6 Å². The molecule has 0 amide bonds. The van der Waals surface area contributed by atoms with Crippen LogP contribution < -0.4 is 8.92 Å². The topological polar surface area (TPSA) is 78.4 Å². The molecule has 0 radical (unpaired) electrons. The third-order valence-corrected chi connectivity index (χ3v) is 4.89. The SMILES string of the molecule is Cc1ccc(S(=O)(=O)Oc2cc(Cl)nnc2Oc2cccc(Cl)c2)cc1. The molecular weight excluding hydrogens is 399 g/mol. The Hall–Kier alpha value is -2.35. The van der Waals surface area contributed by atoms with Gasteiger partial charge in [-0.05, 0) is 37.3 Å². The average molecular weight is 411 g/mol. The molecule has 3 rings (SSSR count). The third kappa shape index (κ3) is 4.43. The van der Waals surface area contributed by atoms with E-state index >= 15 is 0 Å². The lowest BCUT2D eigenvalue weighted by molar-refractivity contribution is 0.415. The van der Waals surface area contributed by atoms with Gasteiger partial charge in [-0.25, -0.2) is 0 Å². The van der Waals surface area contributed by atoms with Crippen LogP contribution in [0.2, 0.25) is 10.2 Å². The van der Waals surface area contributed by atoms with Crippen LogP contribution in [0.4, 0.5) is 0 Å². The minimum Gasteiger partial charge on any atom is -0.435 e. The number of hydrogen-bond acceptors (Lipinski definition) is 6. The molecule has 0 aliphatic carbocycles. The second-order valence-corrected chi connectivity index (χ2v) is 7.62. The molecule has 0 spiro atoms. The van der Waals surface area contributed by atoms with Crippen LogP contribution >= 0.6 is 23.2 Å². The van der Waals surface area contributed by atoms with E-state index in [9.17, 15) is 8.42 Å². The van der Waals surface area contributed by atoms with Crippen LogP contribution in [0.25, 0.3) is 0 Å². The van der Waals surface area contributed by atoms with Gasteiger partial charge in [-0.2, -0.15) is 8.42 Å². The van der Waals surface area contributed by atoms with Crippen LogP contribution in [-0.4, -0.2) is 18.6 Å². The van der Waals surface area contributed by atoms with E-state index < -0.39 is 10.1 Å². The Balaban J connectivity index is 1.94. The maximum Gasteiger partial charge on any atom is 0.339 e. The Morgan fingerprint density at radius 3 is 2.38 bits per heavy atom. The number of aryl methyl sites for hydroxylation is 1. The van der Waals surface area contributed by atoms with E-state index in [1.807, 2.05) is 6.92 Å². The van der Waals surface area contributed by atoms with Gasteiger partial charge in [0.05, 0.1) is 0 Å². The molecule has 0 unspecified atom stereocenters. The molecular formula is C17H12Cl2N2O4S. The van der Waals surface area contributed by atoms with E-state index in [1.54, 1.807) is 30.3 Å². The van der Waals surface area contributed by atoms with Gasteiger partial charge in [0.15, 0.2) is 5.15 Å². The van der Waals surface area contributed by atoms with Gasteiger partial charge in [-0.1, -0.05) is 47.0 Å². The molecule has 0 aliphatic rings. The van der Waals surface area contributed by atoms with Gasteiger partial charge in [0.2, 0.25) is 5.75 Å². The highest BCUT2D eigenvalue weighted by molar-refractivity contribution is 7.87. The number of nitrogens with zero attached hydrogens (tertiary/aromatic N) is 2. The predicted octanol–water partition coefficient (Wildman–Crippen LogP) is 4.65. The number of halogens is 2. The summed E-state index contributed by atoms with van der Waals surface area (Å²) in [5.41, 5.74) is 0.919. The van der Waals surface area contributed by atoms with E-state index in [-0.39, 0.29) is 21.7 Å². The van der Waals surface area contributed by atoms with Crippen molar-refractivity contribution < 1.29 is 17.3 Å². The molecule has 0 fully saturated rings. The molecule has 0 aliphatic heterocycles. The van der Waals surface area contributed by atoms with Crippen LogP contribution in [-0.2, 0) is 10.1 Å². The fourth-order valence-corrected chi connectivity index (χ4v) is 3.22. The van der Waals surface area contributed by atoms with E-state index in [2.05, 4.69) is 10.2 Å². The van der Waals surface area contributed by atoms with Crippen LogP contribution in [0.5, 0.6) is 17.4 Å². The fourth-order valence-electron chi connectivity index (χ4n) is 1.99. The highest BCUT2D eigenvalue weighted by Gasteiger charge is 2.21. The monoisotopic (exact) mass is 410 g/mol. The number of benzene rings is 2. The van der Waals surface area contributed by atoms with Gasteiger partial charge < -0.3 is 8.92 Å². The summed E-state index contributed by atoms with van der Waals surface area (Å²) in [6.07, 6.45) is 0. The molecule has 0 N–H and O–H groups in total. The van der Waals surface area contributed by atoms with E-state index in [0.717, 1.165) is 5.56 Å². The van der Waals surface area contributed by atoms with Gasteiger partial charge in [0.25, 0.3) is 5.88 Å². The van der Waals surface area contributed by atoms with Crippen LogP contribution in [0.3, 0.4) is 0 Å². The molecule has 6 nitrogen and oxygen atoms in total. The molecule has 26 heavy (non-hydrogen) atoms. The van der Waals surface area contributed by atoms with Gasteiger partial charge in [-0.3, -0.25) is 0 Å². The van der Waals surface area contributed by atoms with Crippen molar-refractivity contribution in [3.63, 3.8) is 0 Å². The molecule has 1 aromatic heterocycles. The van der Waals surface area contributed by atoms with Crippen molar-refractivity contribution >= 4 is 33.3 Å². The van der Waals surface area contributed by atoms with Gasteiger partial charge in [-0.15, -0.1) is 10.2 Å². The highest BCUT2D eigenvalue weighted by Crippen LogP contribution is 2.33. The second kappa shape index (κ2) is 7.49.